The summed E-state index contributed by atoms with van der Waals surface area (Å²) in [6.07, 6.45) is 8.35. The zero-order valence-electron chi connectivity index (χ0n) is 9.46. The van der Waals surface area contributed by atoms with E-state index in [9.17, 15) is 4.79 Å². The largest absolute Gasteiger partial charge is 0.350 e. The minimum atomic E-state index is -0.571. The zero-order chi connectivity index (χ0) is 11.1. The van der Waals surface area contributed by atoms with Crippen LogP contribution >= 0.6 is 0 Å². The van der Waals surface area contributed by atoms with Gasteiger partial charge in [-0.15, -0.1) is 0 Å². The SMILES string of the molecule is CCCCC1CCC/C(=N\NC(N)=O)C1. The van der Waals surface area contributed by atoms with Crippen molar-refractivity contribution in [3.8, 4) is 0 Å². The van der Waals surface area contributed by atoms with Crippen LogP contribution in [0.2, 0.25) is 0 Å². The molecule has 0 aromatic carbocycles. The van der Waals surface area contributed by atoms with Crippen molar-refractivity contribution in [2.75, 3.05) is 0 Å². The summed E-state index contributed by atoms with van der Waals surface area (Å²) in [7, 11) is 0. The second-order valence-corrected chi connectivity index (χ2v) is 4.26. The number of rotatable bonds is 4. The summed E-state index contributed by atoms with van der Waals surface area (Å²) in [5.41, 5.74) is 8.38. The first kappa shape index (κ1) is 12.0. The number of amides is 2. The Morgan fingerprint density at radius 2 is 2.47 bits per heavy atom. The molecular weight excluding hydrogens is 190 g/mol. The Kier molecular flexibility index (Phi) is 5.15. The van der Waals surface area contributed by atoms with Crippen molar-refractivity contribution in [1.29, 1.82) is 0 Å². The second kappa shape index (κ2) is 6.43. The number of carbonyl (C=O) groups excluding carboxylic acids is 1. The quantitative estimate of drug-likeness (QED) is 0.689. The van der Waals surface area contributed by atoms with Crippen molar-refractivity contribution >= 4 is 11.7 Å². The van der Waals surface area contributed by atoms with E-state index in [1.807, 2.05) is 0 Å². The number of urea groups is 1. The van der Waals surface area contributed by atoms with E-state index in [0.717, 1.165) is 24.5 Å². The molecule has 1 atom stereocenters. The number of nitrogens with one attached hydrogen (secondary N) is 1. The lowest BCUT2D eigenvalue weighted by molar-refractivity contribution is 0.249. The normalized spacial score (nSPS) is 24.1. The average molecular weight is 211 g/mol. The molecule has 3 N–H and O–H groups in total. The van der Waals surface area contributed by atoms with Crippen molar-refractivity contribution in [3.63, 3.8) is 0 Å². The van der Waals surface area contributed by atoms with Crippen LogP contribution in [0.3, 0.4) is 0 Å². The summed E-state index contributed by atoms with van der Waals surface area (Å²) in [6.45, 7) is 2.21. The Morgan fingerprint density at radius 3 is 3.13 bits per heavy atom. The summed E-state index contributed by atoms with van der Waals surface area (Å²) in [5.74, 6) is 0.757. The smallest absolute Gasteiger partial charge is 0.332 e. The molecule has 1 aliphatic carbocycles. The van der Waals surface area contributed by atoms with Crippen LogP contribution in [0, 0.1) is 5.92 Å². The van der Waals surface area contributed by atoms with Crippen molar-refractivity contribution in [2.45, 2.75) is 51.9 Å². The third-order valence-corrected chi connectivity index (χ3v) is 2.89. The summed E-state index contributed by atoms with van der Waals surface area (Å²) in [6, 6.07) is -0.571. The van der Waals surface area contributed by atoms with Crippen LogP contribution in [0.15, 0.2) is 5.10 Å². The van der Waals surface area contributed by atoms with E-state index in [-0.39, 0.29) is 0 Å². The molecule has 86 valence electrons. The lowest BCUT2D eigenvalue weighted by atomic mass is 9.84. The Hall–Kier alpha value is -1.06. The van der Waals surface area contributed by atoms with E-state index in [1.165, 1.54) is 32.1 Å². The summed E-state index contributed by atoms with van der Waals surface area (Å²) < 4.78 is 0. The molecule has 0 spiro atoms. The fourth-order valence-electron chi connectivity index (χ4n) is 2.11. The number of nitrogens with zero attached hydrogens (tertiary/aromatic N) is 1. The molecule has 15 heavy (non-hydrogen) atoms. The number of hydrogen-bond donors (Lipinski definition) is 2. The topological polar surface area (TPSA) is 67.5 Å². The first-order valence-electron chi connectivity index (χ1n) is 5.83. The number of carbonyl (C=O) groups is 1. The number of unbranched alkanes of at least 4 members (excludes halogenated alkanes) is 1. The zero-order valence-corrected chi connectivity index (χ0v) is 9.46. The van der Waals surface area contributed by atoms with E-state index in [4.69, 9.17) is 5.73 Å². The molecule has 4 nitrogen and oxygen atoms in total. The molecule has 1 fully saturated rings. The van der Waals surface area contributed by atoms with Crippen LogP contribution in [0.25, 0.3) is 0 Å². The first-order valence-corrected chi connectivity index (χ1v) is 5.83. The Morgan fingerprint density at radius 1 is 1.67 bits per heavy atom. The van der Waals surface area contributed by atoms with Gasteiger partial charge in [0.05, 0.1) is 0 Å². The number of nitrogens with two attached hydrogens (primary N) is 1. The molecule has 1 unspecified atom stereocenters. The lowest BCUT2D eigenvalue weighted by Crippen LogP contribution is -2.27. The maximum absolute atomic E-state index is 10.5. The summed E-state index contributed by atoms with van der Waals surface area (Å²) in [4.78, 5) is 10.5. The number of hydrogen-bond acceptors (Lipinski definition) is 2. The van der Waals surface area contributed by atoms with Gasteiger partial charge in [-0.3, -0.25) is 0 Å². The second-order valence-electron chi connectivity index (χ2n) is 4.26. The minimum Gasteiger partial charge on any atom is -0.350 e. The van der Waals surface area contributed by atoms with E-state index in [0.29, 0.717) is 0 Å². The maximum Gasteiger partial charge on any atom is 0.332 e. The highest BCUT2D eigenvalue weighted by Gasteiger charge is 2.17. The van der Waals surface area contributed by atoms with E-state index < -0.39 is 6.03 Å². The van der Waals surface area contributed by atoms with E-state index in [2.05, 4.69) is 17.5 Å². The van der Waals surface area contributed by atoms with Crippen molar-refractivity contribution in [1.82, 2.24) is 5.43 Å². The maximum atomic E-state index is 10.5. The predicted octanol–water partition coefficient (Wildman–Crippen LogP) is 2.39. The molecule has 0 aromatic heterocycles. The lowest BCUT2D eigenvalue weighted by Gasteiger charge is -2.22. The van der Waals surface area contributed by atoms with Gasteiger partial charge >= 0.3 is 6.03 Å². The molecule has 0 bridgehead atoms. The van der Waals surface area contributed by atoms with Crippen LogP contribution in [-0.2, 0) is 0 Å². The van der Waals surface area contributed by atoms with E-state index in [1.54, 1.807) is 0 Å². The summed E-state index contributed by atoms with van der Waals surface area (Å²) in [5, 5.41) is 4.03. The molecule has 0 radical (unpaired) electrons. The van der Waals surface area contributed by atoms with Gasteiger partial charge in [0.15, 0.2) is 0 Å². The fraction of sp³-hybridized carbons (Fsp3) is 0.818. The molecule has 1 rings (SSSR count). The molecular formula is C11H21N3O. The standard InChI is InChI=1S/C11H21N3O/c1-2-3-5-9-6-4-7-10(8-9)13-14-11(12)15/h9H,2-8H2,1H3,(H3,12,14,15)/b13-10+. The highest BCUT2D eigenvalue weighted by molar-refractivity contribution is 5.86. The average Bonchev–Trinajstić information content (AvgIpc) is 2.24. The van der Waals surface area contributed by atoms with Crippen molar-refractivity contribution in [2.24, 2.45) is 16.8 Å². The molecule has 0 saturated heterocycles. The Bertz CT molecular complexity index is 238. The van der Waals surface area contributed by atoms with Gasteiger partial charge in [-0.1, -0.05) is 26.2 Å². The minimum absolute atomic E-state index is 0.571. The Balaban J connectivity index is 2.34. The van der Waals surface area contributed by atoms with Crippen molar-refractivity contribution in [3.05, 3.63) is 0 Å². The van der Waals surface area contributed by atoms with Crippen LogP contribution in [-0.4, -0.2) is 11.7 Å². The van der Waals surface area contributed by atoms with Gasteiger partial charge in [0, 0.05) is 5.71 Å². The van der Waals surface area contributed by atoms with Gasteiger partial charge in [-0.25, -0.2) is 10.2 Å². The van der Waals surface area contributed by atoms with Crippen LogP contribution in [0.5, 0.6) is 0 Å². The number of primary amides is 1. The molecule has 1 saturated carbocycles. The van der Waals surface area contributed by atoms with Crippen LogP contribution in [0.4, 0.5) is 4.79 Å². The molecule has 0 aliphatic heterocycles. The highest BCUT2D eigenvalue weighted by Crippen LogP contribution is 2.26. The molecule has 1 aliphatic rings. The Labute approximate surface area is 91.3 Å². The van der Waals surface area contributed by atoms with Crippen molar-refractivity contribution < 1.29 is 4.79 Å². The van der Waals surface area contributed by atoms with Gasteiger partial charge < -0.3 is 5.73 Å². The van der Waals surface area contributed by atoms with Gasteiger partial charge in [0.2, 0.25) is 0 Å². The third kappa shape index (κ3) is 4.81. The summed E-state index contributed by atoms with van der Waals surface area (Å²) >= 11 is 0. The third-order valence-electron chi connectivity index (χ3n) is 2.89. The fourth-order valence-corrected chi connectivity index (χ4v) is 2.11. The van der Waals surface area contributed by atoms with Gasteiger partial charge in [0.1, 0.15) is 0 Å². The van der Waals surface area contributed by atoms with Gasteiger partial charge in [-0.2, -0.15) is 5.10 Å². The highest BCUT2D eigenvalue weighted by atomic mass is 16.2. The van der Waals surface area contributed by atoms with E-state index >= 15 is 0 Å². The first-order chi connectivity index (χ1) is 7.22. The molecule has 0 heterocycles. The van der Waals surface area contributed by atoms with Crippen LogP contribution < -0.4 is 11.2 Å². The molecule has 0 aromatic rings. The number of hydrazone groups is 1. The van der Waals surface area contributed by atoms with Crippen LogP contribution in [0.1, 0.15) is 51.9 Å². The molecule has 2 amide bonds. The predicted molar refractivity (Wildman–Crippen MR) is 61.6 cm³/mol. The monoisotopic (exact) mass is 211 g/mol. The van der Waals surface area contributed by atoms with Gasteiger partial charge in [0.25, 0.3) is 0 Å². The van der Waals surface area contributed by atoms with Gasteiger partial charge in [-0.05, 0) is 31.6 Å². The molecule has 4 heteroatoms.